The smallest absolute Gasteiger partial charge is 0.227 e. The first-order valence-electron chi connectivity index (χ1n) is 8.48. The number of benzene rings is 2. The van der Waals surface area contributed by atoms with Gasteiger partial charge in [0.1, 0.15) is 0 Å². The maximum atomic E-state index is 12.8. The van der Waals surface area contributed by atoms with Crippen LogP contribution in [0.15, 0.2) is 54.6 Å². The summed E-state index contributed by atoms with van der Waals surface area (Å²) in [5.74, 6) is 0.159. The number of amides is 1. The summed E-state index contributed by atoms with van der Waals surface area (Å²) in [7, 11) is 0. The average Bonchev–Trinajstić information content (AvgIpc) is 3.12. The number of carbonyl (C=O) groups is 1. The van der Waals surface area contributed by atoms with Gasteiger partial charge in [0.25, 0.3) is 0 Å². The van der Waals surface area contributed by atoms with Gasteiger partial charge in [0.15, 0.2) is 0 Å². The third kappa shape index (κ3) is 5.48. The predicted molar refractivity (Wildman–Crippen MR) is 103 cm³/mol. The number of hydrogen-bond acceptors (Lipinski definition) is 3. The molecule has 5 heteroatoms. The van der Waals surface area contributed by atoms with Gasteiger partial charge in [-0.15, -0.1) is 12.4 Å². The van der Waals surface area contributed by atoms with Crippen LogP contribution in [-0.4, -0.2) is 36.6 Å². The molecule has 4 nitrogen and oxygen atoms in total. The first-order chi connectivity index (χ1) is 11.7. The van der Waals surface area contributed by atoms with Crippen LogP contribution >= 0.6 is 12.4 Å². The van der Waals surface area contributed by atoms with E-state index in [1.165, 1.54) is 5.56 Å². The van der Waals surface area contributed by atoms with Gasteiger partial charge in [0.05, 0.1) is 19.1 Å². The first kappa shape index (κ1) is 19.3. The van der Waals surface area contributed by atoms with Crippen molar-refractivity contribution in [3.63, 3.8) is 0 Å². The van der Waals surface area contributed by atoms with Gasteiger partial charge in [-0.1, -0.05) is 42.5 Å². The zero-order valence-electron chi connectivity index (χ0n) is 14.3. The first-order valence-corrected chi connectivity index (χ1v) is 8.48. The molecule has 1 heterocycles. The highest BCUT2D eigenvalue weighted by molar-refractivity contribution is 5.85. The molecule has 0 bridgehead atoms. The normalized spacial score (nSPS) is 16.2. The lowest BCUT2D eigenvalue weighted by molar-refractivity contribution is -0.132. The second-order valence-corrected chi connectivity index (χ2v) is 6.26. The Hall–Kier alpha value is -2.04. The zero-order chi connectivity index (χ0) is 16.8. The third-order valence-corrected chi connectivity index (χ3v) is 4.49. The Morgan fingerprint density at radius 3 is 2.44 bits per heavy atom. The van der Waals surface area contributed by atoms with E-state index in [-0.39, 0.29) is 24.4 Å². The monoisotopic (exact) mass is 360 g/mol. The highest BCUT2D eigenvalue weighted by Gasteiger charge is 2.27. The highest BCUT2D eigenvalue weighted by Crippen LogP contribution is 2.16. The lowest BCUT2D eigenvalue weighted by atomic mass is 10.1. The molecule has 0 aromatic heterocycles. The minimum Gasteiger partial charge on any atom is -0.399 e. The molecule has 0 aliphatic carbocycles. The van der Waals surface area contributed by atoms with Gasteiger partial charge >= 0.3 is 0 Å². The second-order valence-electron chi connectivity index (χ2n) is 6.26. The molecule has 1 unspecified atom stereocenters. The molecule has 0 spiro atoms. The lowest BCUT2D eigenvalue weighted by Gasteiger charge is -2.28. The fourth-order valence-electron chi connectivity index (χ4n) is 3.08. The van der Waals surface area contributed by atoms with Gasteiger partial charge < -0.3 is 15.4 Å². The fraction of sp³-hybridized carbons (Fsp3) is 0.350. The van der Waals surface area contributed by atoms with Crippen molar-refractivity contribution in [3.8, 4) is 0 Å². The molecular weight excluding hydrogens is 336 g/mol. The predicted octanol–water partition coefficient (Wildman–Crippen LogP) is 3.09. The third-order valence-electron chi connectivity index (χ3n) is 4.49. The second kappa shape index (κ2) is 9.44. The molecule has 0 radical (unpaired) electrons. The van der Waals surface area contributed by atoms with Crippen LogP contribution in [0, 0.1) is 0 Å². The highest BCUT2D eigenvalue weighted by atomic mass is 35.5. The number of anilines is 1. The van der Waals surface area contributed by atoms with Crippen LogP contribution in [0.3, 0.4) is 0 Å². The number of carbonyl (C=O) groups excluding carboxylic acids is 1. The van der Waals surface area contributed by atoms with Crippen molar-refractivity contribution in [2.24, 2.45) is 0 Å². The van der Waals surface area contributed by atoms with Crippen LogP contribution in [0.4, 0.5) is 5.69 Å². The van der Waals surface area contributed by atoms with Crippen LogP contribution in [0.25, 0.3) is 0 Å². The van der Waals surface area contributed by atoms with Gasteiger partial charge in [-0.25, -0.2) is 0 Å². The van der Waals surface area contributed by atoms with Crippen molar-refractivity contribution < 1.29 is 9.53 Å². The maximum Gasteiger partial charge on any atom is 0.227 e. The van der Waals surface area contributed by atoms with Crippen LogP contribution in [0.1, 0.15) is 17.5 Å². The summed E-state index contributed by atoms with van der Waals surface area (Å²) in [6.07, 6.45) is 2.19. The summed E-state index contributed by atoms with van der Waals surface area (Å²) < 4.78 is 5.50. The molecule has 1 saturated heterocycles. The standard InChI is InChI=1S/C20H24N2O2.ClH/c21-18-8-6-17(7-9-18)14-20(23)22(19-11-13-24-15-19)12-10-16-4-2-1-3-5-16;/h1-9,19H,10-15,21H2;1H. The molecule has 134 valence electrons. The summed E-state index contributed by atoms with van der Waals surface area (Å²) in [4.78, 5) is 14.8. The summed E-state index contributed by atoms with van der Waals surface area (Å²) in [5.41, 5.74) is 8.69. The van der Waals surface area contributed by atoms with E-state index < -0.39 is 0 Å². The van der Waals surface area contributed by atoms with E-state index in [2.05, 4.69) is 12.1 Å². The van der Waals surface area contributed by atoms with Crippen molar-refractivity contribution in [1.82, 2.24) is 4.90 Å². The van der Waals surface area contributed by atoms with Crippen molar-refractivity contribution >= 4 is 24.0 Å². The van der Waals surface area contributed by atoms with Crippen LogP contribution in [0.2, 0.25) is 0 Å². The van der Waals surface area contributed by atoms with E-state index in [1.807, 2.05) is 47.4 Å². The van der Waals surface area contributed by atoms with Crippen molar-refractivity contribution in [2.75, 3.05) is 25.5 Å². The molecule has 3 rings (SSSR count). The Balaban J connectivity index is 0.00000225. The maximum absolute atomic E-state index is 12.8. The molecule has 1 aliphatic rings. The molecule has 1 atom stereocenters. The van der Waals surface area contributed by atoms with E-state index in [9.17, 15) is 4.79 Å². The van der Waals surface area contributed by atoms with E-state index in [0.717, 1.165) is 37.2 Å². The molecule has 1 fully saturated rings. The van der Waals surface area contributed by atoms with Gasteiger partial charge in [-0.05, 0) is 36.1 Å². The number of hydrogen-bond donors (Lipinski definition) is 1. The largest absolute Gasteiger partial charge is 0.399 e. The van der Waals surface area contributed by atoms with E-state index in [4.69, 9.17) is 10.5 Å². The minimum absolute atomic E-state index is 0. The average molecular weight is 361 g/mol. The van der Waals surface area contributed by atoms with Crippen LogP contribution in [0.5, 0.6) is 0 Å². The van der Waals surface area contributed by atoms with Crippen LogP contribution < -0.4 is 5.73 Å². The minimum atomic E-state index is 0. The molecule has 1 aliphatic heterocycles. The summed E-state index contributed by atoms with van der Waals surface area (Å²) in [6, 6.07) is 18.0. The molecule has 25 heavy (non-hydrogen) atoms. The topological polar surface area (TPSA) is 55.6 Å². The molecule has 2 aromatic carbocycles. The molecule has 2 N–H and O–H groups in total. The number of halogens is 1. The Bertz CT molecular complexity index is 655. The Kier molecular flexibility index (Phi) is 7.29. The molecular formula is C20H25ClN2O2. The number of nitrogens with zero attached hydrogens (tertiary/aromatic N) is 1. The quantitative estimate of drug-likeness (QED) is 0.805. The van der Waals surface area contributed by atoms with Gasteiger partial charge in [0, 0.05) is 18.8 Å². The molecule has 0 saturated carbocycles. The zero-order valence-corrected chi connectivity index (χ0v) is 15.1. The molecule has 1 amide bonds. The summed E-state index contributed by atoms with van der Waals surface area (Å²) in [6.45, 7) is 2.11. The van der Waals surface area contributed by atoms with E-state index in [1.54, 1.807) is 0 Å². The Morgan fingerprint density at radius 1 is 1.08 bits per heavy atom. The fourth-order valence-corrected chi connectivity index (χ4v) is 3.08. The Morgan fingerprint density at radius 2 is 1.80 bits per heavy atom. The van der Waals surface area contributed by atoms with Crippen molar-refractivity contribution in [1.29, 1.82) is 0 Å². The lowest BCUT2D eigenvalue weighted by Crippen LogP contribution is -2.42. The number of nitrogen functional groups attached to an aromatic ring is 1. The SMILES string of the molecule is Cl.Nc1ccc(CC(=O)N(CCc2ccccc2)C2CCOC2)cc1. The van der Waals surface area contributed by atoms with Gasteiger partial charge in [-0.2, -0.15) is 0 Å². The van der Waals surface area contributed by atoms with Crippen molar-refractivity contribution in [3.05, 3.63) is 65.7 Å². The summed E-state index contributed by atoms with van der Waals surface area (Å²) in [5, 5.41) is 0. The van der Waals surface area contributed by atoms with Gasteiger partial charge in [0.2, 0.25) is 5.91 Å². The number of rotatable bonds is 6. The van der Waals surface area contributed by atoms with Crippen LogP contribution in [-0.2, 0) is 22.4 Å². The van der Waals surface area contributed by atoms with E-state index in [0.29, 0.717) is 13.0 Å². The Labute approximate surface area is 155 Å². The van der Waals surface area contributed by atoms with Gasteiger partial charge in [-0.3, -0.25) is 4.79 Å². The number of ether oxygens (including phenoxy) is 1. The number of nitrogens with two attached hydrogens (primary N) is 1. The van der Waals surface area contributed by atoms with Crippen molar-refractivity contribution in [2.45, 2.75) is 25.3 Å². The summed E-state index contributed by atoms with van der Waals surface area (Å²) >= 11 is 0. The van der Waals surface area contributed by atoms with E-state index >= 15 is 0 Å². The molecule has 2 aromatic rings.